The standard InChI is InChI=1S/C25H22ClF2N5O4/c1-25(2,35)21-3-5-32(31-21)22-9-19-14(10-30-22)4-6-36-12-16-8-20(23(26)24(34)33(16)19)37-13-18-17(28)7-15(27)11-29-18/h3,5,7-11,35H,4,6,12-13H2,1-2H3/i13D2. The molecule has 4 aromatic heterocycles. The zero-order chi connectivity index (χ0) is 28.1. The average Bonchev–Trinajstić information content (AvgIpc) is 3.35. The van der Waals surface area contributed by atoms with Gasteiger partial charge in [-0.05, 0) is 31.9 Å². The molecule has 5 rings (SSSR count). The molecule has 0 aromatic carbocycles. The maximum absolute atomic E-state index is 14.2. The quantitative estimate of drug-likeness (QED) is 0.419. The third-order valence-electron chi connectivity index (χ3n) is 5.66. The molecule has 4 aromatic rings. The Morgan fingerprint density at radius 1 is 1.27 bits per heavy atom. The van der Waals surface area contributed by atoms with E-state index in [0.717, 1.165) is 0 Å². The van der Waals surface area contributed by atoms with Crippen LogP contribution in [-0.4, -0.2) is 36.0 Å². The summed E-state index contributed by atoms with van der Waals surface area (Å²) in [6, 6.07) is 5.08. The number of pyridine rings is 3. The van der Waals surface area contributed by atoms with E-state index in [1.54, 1.807) is 38.4 Å². The maximum atomic E-state index is 14.2. The second-order valence-corrected chi connectivity index (χ2v) is 9.20. The van der Waals surface area contributed by atoms with Crippen molar-refractivity contribution in [3.05, 3.63) is 92.5 Å². The molecule has 0 bridgehead atoms. The molecule has 0 atom stereocenters. The molecule has 9 nitrogen and oxygen atoms in total. The molecule has 37 heavy (non-hydrogen) atoms. The highest BCUT2D eigenvalue weighted by molar-refractivity contribution is 6.31. The van der Waals surface area contributed by atoms with Crippen LogP contribution in [-0.2, 0) is 29.9 Å². The van der Waals surface area contributed by atoms with Gasteiger partial charge in [0.05, 0.1) is 39.2 Å². The van der Waals surface area contributed by atoms with Crippen LogP contribution < -0.4 is 10.3 Å². The van der Waals surface area contributed by atoms with Crippen molar-refractivity contribution < 1.29 is 26.1 Å². The summed E-state index contributed by atoms with van der Waals surface area (Å²) in [6.45, 7) is 0.582. The molecule has 0 fully saturated rings. The second-order valence-electron chi connectivity index (χ2n) is 8.82. The lowest BCUT2D eigenvalue weighted by molar-refractivity contribution is 0.0734. The number of aliphatic hydroxyl groups is 1. The summed E-state index contributed by atoms with van der Waals surface area (Å²) in [5, 5.41) is 14.2. The SMILES string of the molecule is [2H]C([2H])(Oc1cc2n(c(=O)c1Cl)-c1cc(-n3ccc(C(C)(C)O)n3)ncc1CCOC2)c1ncc(F)cc1F. The van der Waals surface area contributed by atoms with Gasteiger partial charge in [0.2, 0.25) is 0 Å². The number of ether oxygens (including phenoxy) is 2. The Balaban J connectivity index is 1.60. The Hall–Kier alpha value is -3.67. The summed E-state index contributed by atoms with van der Waals surface area (Å²) < 4.78 is 57.6. The van der Waals surface area contributed by atoms with Crippen molar-refractivity contribution >= 4 is 11.6 Å². The summed E-state index contributed by atoms with van der Waals surface area (Å²) >= 11 is 6.36. The molecule has 12 heteroatoms. The van der Waals surface area contributed by atoms with Crippen LogP contribution in [0.1, 0.15) is 39.2 Å². The molecule has 0 unspecified atom stereocenters. The van der Waals surface area contributed by atoms with Gasteiger partial charge in [0.15, 0.2) is 11.6 Å². The van der Waals surface area contributed by atoms with Crippen LogP contribution in [0.4, 0.5) is 8.78 Å². The van der Waals surface area contributed by atoms with Gasteiger partial charge in [-0.15, -0.1) is 0 Å². The maximum Gasteiger partial charge on any atom is 0.277 e. The molecule has 0 radical (unpaired) electrons. The van der Waals surface area contributed by atoms with Crippen molar-refractivity contribution in [3.63, 3.8) is 0 Å². The number of halogens is 3. The number of fused-ring (bicyclic) bond motifs is 3. The summed E-state index contributed by atoms with van der Waals surface area (Å²) in [7, 11) is 0. The lowest BCUT2D eigenvalue weighted by Gasteiger charge is -2.22. The Bertz CT molecular complexity index is 1640. The fourth-order valence-electron chi connectivity index (χ4n) is 3.78. The first-order valence-electron chi connectivity index (χ1n) is 12.2. The van der Waals surface area contributed by atoms with Crippen molar-refractivity contribution in [2.75, 3.05) is 6.61 Å². The third-order valence-corrected chi connectivity index (χ3v) is 6.01. The first-order valence-corrected chi connectivity index (χ1v) is 11.5. The predicted octanol–water partition coefficient (Wildman–Crippen LogP) is 3.62. The van der Waals surface area contributed by atoms with E-state index in [2.05, 4.69) is 15.1 Å². The van der Waals surface area contributed by atoms with Crippen molar-refractivity contribution in [3.8, 4) is 17.3 Å². The summed E-state index contributed by atoms with van der Waals surface area (Å²) in [5.41, 5.74) is -0.896. The predicted molar refractivity (Wildman–Crippen MR) is 129 cm³/mol. The monoisotopic (exact) mass is 531 g/mol. The lowest BCUT2D eigenvalue weighted by Crippen LogP contribution is -2.27. The van der Waals surface area contributed by atoms with Crippen LogP contribution in [0.25, 0.3) is 11.5 Å². The van der Waals surface area contributed by atoms with Crippen molar-refractivity contribution in [1.82, 2.24) is 24.3 Å². The Labute approximate surface area is 217 Å². The van der Waals surface area contributed by atoms with Gasteiger partial charge in [-0.3, -0.25) is 14.3 Å². The van der Waals surface area contributed by atoms with E-state index in [-0.39, 0.29) is 18.1 Å². The van der Waals surface area contributed by atoms with E-state index in [0.29, 0.717) is 48.1 Å². The summed E-state index contributed by atoms with van der Waals surface area (Å²) in [4.78, 5) is 21.4. The van der Waals surface area contributed by atoms with Crippen LogP contribution >= 0.6 is 11.6 Å². The van der Waals surface area contributed by atoms with Gasteiger partial charge in [0, 0.05) is 30.6 Å². The molecule has 1 aliphatic heterocycles. The van der Waals surface area contributed by atoms with E-state index in [1.165, 1.54) is 15.3 Å². The van der Waals surface area contributed by atoms with E-state index >= 15 is 0 Å². The van der Waals surface area contributed by atoms with Crippen molar-refractivity contribution in [2.45, 2.75) is 39.0 Å². The van der Waals surface area contributed by atoms with E-state index in [9.17, 15) is 18.7 Å². The second kappa shape index (κ2) is 9.66. The molecular formula is C25H22ClF2N5O4. The zero-order valence-corrected chi connectivity index (χ0v) is 20.5. The fourth-order valence-corrected chi connectivity index (χ4v) is 3.95. The molecule has 1 aliphatic rings. The van der Waals surface area contributed by atoms with Crippen LogP contribution in [0, 0.1) is 11.6 Å². The Morgan fingerprint density at radius 2 is 2.08 bits per heavy atom. The zero-order valence-electron chi connectivity index (χ0n) is 21.7. The first kappa shape index (κ1) is 22.5. The van der Waals surface area contributed by atoms with Gasteiger partial charge in [-0.2, -0.15) is 5.10 Å². The minimum Gasteiger partial charge on any atom is -0.485 e. The van der Waals surface area contributed by atoms with Gasteiger partial charge < -0.3 is 14.6 Å². The van der Waals surface area contributed by atoms with Gasteiger partial charge in [-0.1, -0.05) is 11.6 Å². The fraction of sp³-hybridized carbons (Fsp3) is 0.280. The van der Waals surface area contributed by atoms with Crippen LogP contribution in [0.5, 0.6) is 5.75 Å². The van der Waals surface area contributed by atoms with E-state index < -0.39 is 40.1 Å². The topological polar surface area (TPSA) is 104 Å². The molecular weight excluding hydrogens is 508 g/mol. The number of hydrogen-bond acceptors (Lipinski definition) is 7. The smallest absolute Gasteiger partial charge is 0.277 e. The van der Waals surface area contributed by atoms with Crippen LogP contribution in [0.15, 0.2) is 47.7 Å². The highest BCUT2D eigenvalue weighted by Gasteiger charge is 2.23. The number of rotatable bonds is 5. The third kappa shape index (κ3) is 4.97. The Kier molecular flexibility index (Phi) is 5.88. The minimum absolute atomic E-state index is 0.0450. The van der Waals surface area contributed by atoms with Crippen molar-refractivity contribution in [2.24, 2.45) is 0 Å². The summed E-state index contributed by atoms with van der Waals surface area (Å²) in [6.07, 6.45) is 4.31. The number of aromatic nitrogens is 5. The highest BCUT2D eigenvalue weighted by atomic mass is 35.5. The molecule has 5 heterocycles. The molecule has 0 saturated heterocycles. The van der Waals surface area contributed by atoms with Crippen LogP contribution in [0.3, 0.4) is 0 Å². The van der Waals surface area contributed by atoms with E-state index in [4.69, 9.17) is 23.8 Å². The minimum atomic E-state index is -2.89. The molecule has 192 valence electrons. The van der Waals surface area contributed by atoms with Crippen molar-refractivity contribution in [1.29, 1.82) is 0 Å². The molecule has 0 spiro atoms. The molecule has 0 amide bonds. The number of hydrogen-bond donors (Lipinski definition) is 1. The molecule has 1 N–H and O–H groups in total. The van der Waals surface area contributed by atoms with Gasteiger partial charge >= 0.3 is 0 Å². The Morgan fingerprint density at radius 3 is 2.81 bits per heavy atom. The number of nitrogens with zero attached hydrogens (tertiary/aromatic N) is 5. The van der Waals surface area contributed by atoms with Gasteiger partial charge in [0.1, 0.15) is 34.4 Å². The largest absolute Gasteiger partial charge is 0.485 e. The van der Waals surface area contributed by atoms with Gasteiger partial charge in [0.25, 0.3) is 5.56 Å². The molecule has 0 aliphatic carbocycles. The normalized spacial score (nSPS) is 14.6. The molecule has 0 saturated carbocycles. The summed E-state index contributed by atoms with van der Waals surface area (Å²) in [5.74, 6) is -2.25. The van der Waals surface area contributed by atoms with Crippen LogP contribution in [0.2, 0.25) is 5.02 Å². The van der Waals surface area contributed by atoms with E-state index in [1.807, 2.05) is 0 Å². The first-order chi connectivity index (χ1) is 18.3. The average molecular weight is 532 g/mol. The van der Waals surface area contributed by atoms with Gasteiger partial charge in [-0.25, -0.2) is 18.4 Å². The lowest BCUT2D eigenvalue weighted by atomic mass is 10.1. The highest BCUT2D eigenvalue weighted by Crippen LogP contribution is 2.28.